The van der Waals surface area contributed by atoms with Crippen molar-refractivity contribution in [1.29, 1.82) is 0 Å². The maximum atomic E-state index is 11.1. The number of isocyanates is 1. The number of allylic oxidation sites excluding steroid dienone is 2. The molecule has 0 amide bonds. The third kappa shape index (κ3) is 1.92. The van der Waals surface area contributed by atoms with Gasteiger partial charge in [0.25, 0.3) is 0 Å². The van der Waals surface area contributed by atoms with Gasteiger partial charge in [-0.2, -0.15) is 4.99 Å². The lowest BCUT2D eigenvalue weighted by atomic mass is 9.77. The lowest BCUT2D eigenvalue weighted by molar-refractivity contribution is -0.146. The topological polar surface area (TPSA) is 104 Å². The zero-order valence-corrected chi connectivity index (χ0v) is 8.43. The Morgan fingerprint density at radius 2 is 2.06 bits per heavy atom. The maximum absolute atomic E-state index is 11.1. The number of carbonyl (C=O) groups excluding carboxylic acids is 1. The van der Waals surface area contributed by atoms with E-state index >= 15 is 0 Å². The van der Waals surface area contributed by atoms with E-state index in [-0.39, 0.29) is 17.7 Å². The van der Waals surface area contributed by atoms with Gasteiger partial charge in [-0.25, -0.2) is 9.59 Å². The average Bonchev–Trinajstić information content (AvgIpc) is 2.21. The fourth-order valence-corrected chi connectivity index (χ4v) is 1.44. The highest BCUT2D eigenvalue weighted by atomic mass is 16.4. The Bertz CT molecular complexity index is 456. The van der Waals surface area contributed by atoms with Crippen LogP contribution in [0.5, 0.6) is 0 Å². The van der Waals surface area contributed by atoms with Crippen molar-refractivity contribution >= 4 is 18.0 Å². The fraction of sp³-hybridized carbons (Fsp3) is 0.300. The molecule has 0 heterocycles. The van der Waals surface area contributed by atoms with Crippen molar-refractivity contribution in [2.75, 3.05) is 0 Å². The SMILES string of the molecule is CC1(C(=O)O)CC(C(=O)O)=CC=C1N=C=O. The van der Waals surface area contributed by atoms with Crippen LogP contribution in [0.15, 0.2) is 28.4 Å². The van der Waals surface area contributed by atoms with Gasteiger partial charge in [0.15, 0.2) is 0 Å². The first-order valence-corrected chi connectivity index (χ1v) is 4.37. The smallest absolute Gasteiger partial charge is 0.331 e. The minimum atomic E-state index is -1.50. The van der Waals surface area contributed by atoms with Gasteiger partial charge in [0.05, 0.1) is 5.70 Å². The van der Waals surface area contributed by atoms with Crippen molar-refractivity contribution in [3.63, 3.8) is 0 Å². The van der Waals surface area contributed by atoms with Crippen molar-refractivity contribution in [1.82, 2.24) is 0 Å². The fourth-order valence-electron chi connectivity index (χ4n) is 1.44. The van der Waals surface area contributed by atoms with Crippen molar-refractivity contribution in [2.45, 2.75) is 13.3 Å². The van der Waals surface area contributed by atoms with E-state index in [2.05, 4.69) is 4.99 Å². The van der Waals surface area contributed by atoms with Gasteiger partial charge in [-0.1, -0.05) is 0 Å². The summed E-state index contributed by atoms with van der Waals surface area (Å²) < 4.78 is 0. The quantitative estimate of drug-likeness (QED) is 0.541. The van der Waals surface area contributed by atoms with Gasteiger partial charge in [-0.3, -0.25) is 4.79 Å². The molecule has 16 heavy (non-hydrogen) atoms. The predicted octanol–water partition coefficient (Wildman–Crippen LogP) is 0.712. The highest BCUT2D eigenvalue weighted by Crippen LogP contribution is 2.38. The Morgan fingerprint density at radius 3 is 2.50 bits per heavy atom. The average molecular weight is 223 g/mol. The summed E-state index contributed by atoms with van der Waals surface area (Å²) in [6.07, 6.45) is 3.50. The highest BCUT2D eigenvalue weighted by molar-refractivity contribution is 5.90. The van der Waals surface area contributed by atoms with Crippen LogP contribution in [-0.2, 0) is 14.4 Å². The van der Waals surface area contributed by atoms with Crippen LogP contribution in [0.4, 0.5) is 0 Å². The molecule has 0 spiro atoms. The second-order valence-electron chi connectivity index (χ2n) is 3.57. The third-order valence-electron chi connectivity index (χ3n) is 2.46. The molecule has 2 N–H and O–H groups in total. The first kappa shape index (κ1) is 11.9. The van der Waals surface area contributed by atoms with Crippen LogP contribution in [0.3, 0.4) is 0 Å². The molecule has 0 fully saturated rings. The Morgan fingerprint density at radius 1 is 1.44 bits per heavy atom. The van der Waals surface area contributed by atoms with Crippen LogP contribution >= 0.6 is 0 Å². The first-order valence-electron chi connectivity index (χ1n) is 4.37. The molecule has 1 atom stereocenters. The summed E-state index contributed by atoms with van der Waals surface area (Å²) in [6, 6.07) is 0. The molecule has 0 aromatic carbocycles. The summed E-state index contributed by atoms with van der Waals surface area (Å²) in [5, 5.41) is 17.8. The van der Waals surface area contributed by atoms with Crippen LogP contribution in [0, 0.1) is 5.41 Å². The normalized spacial score (nSPS) is 23.8. The number of aliphatic imine (C=N–C) groups is 1. The minimum Gasteiger partial charge on any atom is -0.481 e. The summed E-state index contributed by atoms with van der Waals surface area (Å²) >= 11 is 0. The van der Waals surface area contributed by atoms with Gasteiger partial charge in [0.2, 0.25) is 6.08 Å². The molecule has 6 nitrogen and oxygen atoms in total. The molecule has 0 aromatic rings. The number of hydrogen-bond acceptors (Lipinski definition) is 4. The second kappa shape index (κ2) is 4.12. The van der Waals surface area contributed by atoms with Gasteiger partial charge >= 0.3 is 11.9 Å². The lowest BCUT2D eigenvalue weighted by Crippen LogP contribution is -2.32. The molecule has 0 saturated heterocycles. The molecule has 0 saturated carbocycles. The molecule has 0 radical (unpaired) electrons. The van der Waals surface area contributed by atoms with Crippen LogP contribution in [0.2, 0.25) is 0 Å². The Kier molecular flexibility index (Phi) is 3.06. The standard InChI is InChI=1S/C10H9NO5/c1-10(9(15)16)4-6(8(13)14)2-3-7(10)11-5-12/h2-3H,4H2,1H3,(H,13,14)(H,15,16). The van der Waals surface area contributed by atoms with E-state index in [1.807, 2.05) is 0 Å². The summed E-state index contributed by atoms with van der Waals surface area (Å²) in [5.74, 6) is -2.41. The van der Waals surface area contributed by atoms with Crippen molar-refractivity contribution in [3.05, 3.63) is 23.4 Å². The summed E-state index contributed by atoms with van der Waals surface area (Å²) in [4.78, 5) is 35.2. The van der Waals surface area contributed by atoms with Crippen LogP contribution in [0.25, 0.3) is 0 Å². The largest absolute Gasteiger partial charge is 0.481 e. The van der Waals surface area contributed by atoms with Gasteiger partial charge in [0, 0.05) is 12.0 Å². The molecule has 1 rings (SSSR count). The van der Waals surface area contributed by atoms with Crippen molar-refractivity contribution in [3.8, 4) is 0 Å². The number of nitrogens with zero attached hydrogens (tertiary/aromatic N) is 1. The molecule has 0 aliphatic heterocycles. The Hall–Kier alpha value is -2.20. The molecule has 1 aliphatic rings. The van der Waals surface area contributed by atoms with Gasteiger partial charge < -0.3 is 10.2 Å². The van der Waals surface area contributed by atoms with E-state index in [0.29, 0.717) is 0 Å². The van der Waals surface area contributed by atoms with E-state index < -0.39 is 17.4 Å². The lowest BCUT2D eigenvalue weighted by Gasteiger charge is -2.27. The number of aliphatic carboxylic acids is 2. The van der Waals surface area contributed by atoms with Crippen molar-refractivity contribution in [2.24, 2.45) is 10.4 Å². The Labute approximate surface area is 90.6 Å². The van der Waals surface area contributed by atoms with Crippen LogP contribution in [-0.4, -0.2) is 28.2 Å². The zero-order chi connectivity index (χ0) is 12.3. The molecule has 0 aromatic heterocycles. The summed E-state index contributed by atoms with van der Waals surface area (Å²) in [6.45, 7) is 1.32. The van der Waals surface area contributed by atoms with Gasteiger partial charge in [0.1, 0.15) is 5.41 Å². The summed E-state index contributed by atoms with van der Waals surface area (Å²) in [7, 11) is 0. The maximum Gasteiger partial charge on any atom is 0.331 e. The number of rotatable bonds is 3. The van der Waals surface area contributed by atoms with Crippen LogP contribution < -0.4 is 0 Å². The number of carboxylic acid groups (broad SMARTS) is 2. The van der Waals surface area contributed by atoms with Gasteiger partial charge in [-0.15, -0.1) is 0 Å². The zero-order valence-electron chi connectivity index (χ0n) is 8.43. The summed E-state index contributed by atoms with van der Waals surface area (Å²) in [5.41, 5.74) is -1.53. The van der Waals surface area contributed by atoms with E-state index in [1.165, 1.54) is 25.2 Å². The van der Waals surface area contributed by atoms with Crippen LogP contribution in [0.1, 0.15) is 13.3 Å². The highest BCUT2D eigenvalue weighted by Gasteiger charge is 2.41. The van der Waals surface area contributed by atoms with E-state index in [9.17, 15) is 14.4 Å². The molecule has 0 bridgehead atoms. The molecule has 6 heteroatoms. The predicted molar refractivity (Wildman–Crippen MR) is 52.3 cm³/mol. The van der Waals surface area contributed by atoms with E-state index in [0.717, 1.165) is 0 Å². The second-order valence-corrected chi connectivity index (χ2v) is 3.57. The number of carbonyl (C=O) groups is 2. The number of carboxylic acids is 2. The number of hydrogen-bond donors (Lipinski definition) is 2. The van der Waals surface area contributed by atoms with E-state index in [4.69, 9.17) is 10.2 Å². The minimum absolute atomic E-state index is 0.000000000000000444. The van der Waals surface area contributed by atoms with Gasteiger partial charge in [-0.05, 0) is 19.1 Å². The first-order chi connectivity index (χ1) is 7.41. The monoisotopic (exact) mass is 223 g/mol. The molecule has 1 unspecified atom stereocenters. The molecule has 84 valence electrons. The molecular formula is C10H9NO5. The molecular weight excluding hydrogens is 214 g/mol. The van der Waals surface area contributed by atoms with Crippen molar-refractivity contribution < 1.29 is 24.6 Å². The Balaban J connectivity index is 3.26. The third-order valence-corrected chi connectivity index (χ3v) is 2.46. The molecule has 1 aliphatic carbocycles. The van der Waals surface area contributed by atoms with E-state index in [1.54, 1.807) is 0 Å².